The molecule has 1 heterocycles. The van der Waals surface area contributed by atoms with Crippen molar-refractivity contribution < 1.29 is 9.53 Å². The minimum absolute atomic E-state index is 0.156. The van der Waals surface area contributed by atoms with Crippen molar-refractivity contribution in [3.8, 4) is 5.75 Å². The molecule has 1 saturated carbocycles. The lowest BCUT2D eigenvalue weighted by Gasteiger charge is -2.38. The maximum Gasteiger partial charge on any atom is 0.226 e. The van der Waals surface area contributed by atoms with Crippen molar-refractivity contribution >= 4 is 11.6 Å². The predicted octanol–water partition coefficient (Wildman–Crippen LogP) is 1.72. The summed E-state index contributed by atoms with van der Waals surface area (Å²) in [5.41, 5.74) is 6.99. The van der Waals surface area contributed by atoms with Gasteiger partial charge in [-0.1, -0.05) is 12.5 Å². The normalized spacial score (nSPS) is 24.8. The van der Waals surface area contributed by atoms with E-state index in [0.29, 0.717) is 18.4 Å². The third-order valence-corrected chi connectivity index (χ3v) is 5.29. The average Bonchev–Trinajstić information content (AvgIpc) is 3.10. The van der Waals surface area contributed by atoms with E-state index in [4.69, 9.17) is 10.5 Å². The number of ether oxygens (including phenoxy) is 1. The van der Waals surface area contributed by atoms with Crippen LogP contribution in [-0.2, 0) is 4.79 Å². The van der Waals surface area contributed by atoms with Crippen LogP contribution in [0.4, 0.5) is 5.69 Å². The molecule has 5 heteroatoms. The number of carbonyl (C=O) groups is 1. The van der Waals surface area contributed by atoms with Gasteiger partial charge in [-0.05, 0) is 37.4 Å². The van der Waals surface area contributed by atoms with E-state index in [-0.39, 0.29) is 5.92 Å². The maximum absolute atomic E-state index is 12.7. The van der Waals surface area contributed by atoms with Crippen LogP contribution < -0.4 is 15.4 Å². The minimum atomic E-state index is 0.156. The standard InChI is InChI=1S/C18H27N3O2/c1-23-16-6-3-5-15(12-16)20-8-10-21(11-9-20)18(22)17-7-2-4-14(17)13-19/h3,5-6,12,14,17H,2,4,7-11,13,19H2,1H3/t14-,17-/m1/s1. The molecule has 2 N–H and O–H groups in total. The van der Waals surface area contributed by atoms with Crippen LogP contribution in [0, 0.1) is 11.8 Å². The highest BCUT2D eigenvalue weighted by Crippen LogP contribution is 2.33. The van der Waals surface area contributed by atoms with Crippen LogP contribution in [0.2, 0.25) is 0 Å². The molecule has 23 heavy (non-hydrogen) atoms. The third kappa shape index (κ3) is 3.44. The van der Waals surface area contributed by atoms with Gasteiger partial charge in [0.2, 0.25) is 5.91 Å². The Morgan fingerprint density at radius 1 is 1.26 bits per heavy atom. The molecule has 2 fully saturated rings. The maximum atomic E-state index is 12.7. The van der Waals surface area contributed by atoms with Crippen molar-refractivity contribution in [2.24, 2.45) is 17.6 Å². The first kappa shape index (κ1) is 16.1. The summed E-state index contributed by atoms with van der Waals surface area (Å²) >= 11 is 0. The molecule has 1 aliphatic carbocycles. The summed E-state index contributed by atoms with van der Waals surface area (Å²) in [4.78, 5) is 17.1. The summed E-state index contributed by atoms with van der Waals surface area (Å²) in [5, 5.41) is 0. The second kappa shape index (κ2) is 7.21. The Morgan fingerprint density at radius 2 is 2.04 bits per heavy atom. The first-order valence-electron chi connectivity index (χ1n) is 8.60. The van der Waals surface area contributed by atoms with E-state index in [1.807, 2.05) is 17.0 Å². The Morgan fingerprint density at radius 3 is 2.74 bits per heavy atom. The Labute approximate surface area is 138 Å². The number of rotatable bonds is 4. The second-order valence-electron chi connectivity index (χ2n) is 6.55. The van der Waals surface area contributed by atoms with Crippen molar-refractivity contribution in [2.75, 3.05) is 44.7 Å². The number of carbonyl (C=O) groups excluding carboxylic acids is 1. The molecule has 126 valence electrons. The zero-order valence-electron chi connectivity index (χ0n) is 13.9. The molecule has 2 atom stereocenters. The van der Waals surface area contributed by atoms with E-state index in [1.165, 1.54) is 0 Å². The summed E-state index contributed by atoms with van der Waals surface area (Å²) in [6.07, 6.45) is 3.26. The Bertz CT molecular complexity index is 541. The van der Waals surface area contributed by atoms with Gasteiger partial charge in [0.05, 0.1) is 7.11 Å². The molecular weight excluding hydrogens is 290 g/mol. The number of benzene rings is 1. The molecule has 2 aliphatic rings. The van der Waals surface area contributed by atoms with Gasteiger partial charge in [-0.25, -0.2) is 0 Å². The minimum Gasteiger partial charge on any atom is -0.497 e. The highest BCUT2D eigenvalue weighted by atomic mass is 16.5. The van der Waals surface area contributed by atoms with Crippen molar-refractivity contribution in [3.05, 3.63) is 24.3 Å². The van der Waals surface area contributed by atoms with Crippen LogP contribution in [0.15, 0.2) is 24.3 Å². The summed E-state index contributed by atoms with van der Waals surface area (Å²) < 4.78 is 5.29. The summed E-state index contributed by atoms with van der Waals surface area (Å²) in [6.45, 7) is 3.98. The first-order valence-corrected chi connectivity index (χ1v) is 8.60. The van der Waals surface area contributed by atoms with Crippen LogP contribution in [0.25, 0.3) is 0 Å². The van der Waals surface area contributed by atoms with Gasteiger partial charge in [-0.3, -0.25) is 4.79 Å². The predicted molar refractivity (Wildman–Crippen MR) is 91.7 cm³/mol. The van der Waals surface area contributed by atoms with Crippen LogP contribution in [0.3, 0.4) is 0 Å². The van der Waals surface area contributed by atoms with E-state index in [2.05, 4.69) is 17.0 Å². The molecule has 1 aromatic carbocycles. The van der Waals surface area contributed by atoms with Gasteiger partial charge in [-0.2, -0.15) is 0 Å². The number of piperazine rings is 1. The zero-order chi connectivity index (χ0) is 16.2. The molecule has 0 unspecified atom stereocenters. The largest absolute Gasteiger partial charge is 0.497 e. The van der Waals surface area contributed by atoms with Crippen molar-refractivity contribution in [2.45, 2.75) is 19.3 Å². The highest BCUT2D eigenvalue weighted by molar-refractivity contribution is 5.79. The van der Waals surface area contributed by atoms with Crippen molar-refractivity contribution in [1.82, 2.24) is 4.90 Å². The Balaban J connectivity index is 1.58. The molecule has 1 aromatic rings. The monoisotopic (exact) mass is 317 g/mol. The number of amides is 1. The van der Waals surface area contributed by atoms with Gasteiger partial charge in [0.1, 0.15) is 5.75 Å². The van der Waals surface area contributed by atoms with Gasteiger partial charge in [-0.15, -0.1) is 0 Å². The fourth-order valence-electron chi connectivity index (χ4n) is 3.87. The van der Waals surface area contributed by atoms with Crippen LogP contribution >= 0.6 is 0 Å². The van der Waals surface area contributed by atoms with Gasteiger partial charge in [0.25, 0.3) is 0 Å². The fraction of sp³-hybridized carbons (Fsp3) is 0.611. The number of hydrogen-bond acceptors (Lipinski definition) is 4. The summed E-state index contributed by atoms with van der Waals surface area (Å²) in [6, 6.07) is 8.12. The van der Waals surface area contributed by atoms with Gasteiger partial charge in [0, 0.05) is 43.9 Å². The summed E-state index contributed by atoms with van der Waals surface area (Å²) in [5.74, 6) is 1.74. The van der Waals surface area contributed by atoms with E-state index < -0.39 is 0 Å². The average molecular weight is 317 g/mol. The topological polar surface area (TPSA) is 58.8 Å². The molecule has 5 nitrogen and oxygen atoms in total. The smallest absolute Gasteiger partial charge is 0.226 e. The molecular formula is C18H27N3O2. The van der Waals surface area contributed by atoms with Gasteiger partial charge in [0.15, 0.2) is 0 Å². The third-order valence-electron chi connectivity index (χ3n) is 5.29. The van der Waals surface area contributed by atoms with E-state index in [1.54, 1.807) is 7.11 Å². The van der Waals surface area contributed by atoms with Crippen LogP contribution in [-0.4, -0.2) is 50.6 Å². The van der Waals surface area contributed by atoms with Gasteiger partial charge >= 0.3 is 0 Å². The number of anilines is 1. The van der Waals surface area contributed by atoms with Crippen LogP contribution in [0.1, 0.15) is 19.3 Å². The van der Waals surface area contributed by atoms with E-state index in [9.17, 15) is 4.79 Å². The number of hydrogen-bond donors (Lipinski definition) is 1. The lowest BCUT2D eigenvalue weighted by molar-refractivity contribution is -0.136. The highest BCUT2D eigenvalue weighted by Gasteiger charge is 2.35. The SMILES string of the molecule is COc1cccc(N2CCN(C(=O)[C@@H]3CCC[C@@H]3CN)CC2)c1. The molecule has 1 aliphatic heterocycles. The lowest BCUT2D eigenvalue weighted by Crippen LogP contribution is -2.51. The zero-order valence-corrected chi connectivity index (χ0v) is 13.9. The molecule has 3 rings (SSSR count). The number of nitrogens with two attached hydrogens (primary N) is 1. The summed E-state index contributed by atoms with van der Waals surface area (Å²) in [7, 11) is 1.69. The second-order valence-corrected chi connectivity index (χ2v) is 6.55. The molecule has 0 aromatic heterocycles. The Hall–Kier alpha value is -1.75. The molecule has 1 amide bonds. The Kier molecular flexibility index (Phi) is 5.06. The number of nitrogens with zero attached hydrogens (tertiary/aromatic N) is 2. The fourth-order valence-corrected chi connectivity index (χ4v) is 3.87. The van der Waals surface area contributed by atoms with Gasteiger partial charge < -0.3 is 20.3 Å². The molecule has 1 saturated heterocycles. The van der Waals surface area contributed by atoms with Crippen LogP contribution in [0.5, 0.6) is 5.75 Å². The molecule has 0 radical (unpaired) electrons. The number of methoxy groups -OCH3 is 1. The lowest BCUT2D eigenvalue weighted by atomic mass is 9.94. The molecule has 0 bridgehead atoms. The van der Waals surface area contributed by atoms with Crippen molar-refractivity contribution in [1.29, 1.82) is 0 Å². The van der Waals surface area contributed by atoms with Crippen molar-refractivity contribution in [3.63, 3.8) is 0 Å². The quantitative estimate of drug-likeness (QED) is 0.918. The van der Waals surface area contributed by atoms with E-state index >= 15 is 0 Å². The first-order chi connectivity index (χ1) is 11.2. The van der Waals surface area contributed by atoms with E-state index in [0.717, 1.165) is 56.9 Å². The molecule has 0 spiro atoms.